The first kappa shape index (κ1) is 18.0. The Morgan fingerprint density at radius 2 is 1.90 bits per heavy atom. The molecule has 0 fully saturated rings. The number of benzene rings is 2. The summed E-state index contributed by atoms with van der Waals surface area (Å²) in [6, 6.07) is 18.5. The molecule has 0 aliphatic carbocycles. The maximum Gasteiger partial charge on any atom is 0.357 e. The highest BCUT2D eigenvalue weighted by Gasteiger charge is 2.24. The number of nitrogens with zero attached hydrogens (tertiary/aromatic N) is 4. The summed E-state index contributed by atoms with van der Waals surface area (Å²) >= 11 is 0. The molecule has 0 unspecified atom stereocenters. The molecule has 2 aromatic carbocycles. The lowest BCUT2D eigenvalue weighted by Crippen LogP contribution is -2.11. The lowest BCUT2D eigenvalue weighted by Gasteiger charge is -2.11. The van der Waals surface area contributed by atoms with Crippen LogP contribution in [0.1, 0.15) is 16.1 Å². The number of esters is 1. The average Bonchev–Trinajstić information content (AvgIpc) is 3.38. The maximum absolute atomic E-state index is 12.3. The van der Waals surface area contributed by atoms with Crippen LogP contribution in [0, 0.1) is 11.3 Å². The number of hydrogen-bond donors (Lipinski definition) is 1. The lowest BCUT2D eigenvalue weighted by atomic mass is 10.1. The zero-order valence-electron chi connectivity index (χ0n) is 15.4. The molecule has 8 nitrogen and oxygen atoms in total. The van der Waals surface area contributed by atoms with Gasteiger partial charge in [0.2, 0.25) is 5.82 Å². The molecule has 29 heavy (non-hydrogen) atoms. The largest absolute Gasteiger partial charge is 0.464 e. The van der Waals surface area contributed by atoms with Gasteiger partial charge in [-0.25, -0.2) is 4.79 Å². The Hall–Kier alpha value is -4.38. The van der Waals surface area contributed by atoms with Crippen LogP contribution in [0.15, 0.2) is 65.3 Å². The molecule has 4 rings (SSSR count). The van der Waals surface area contributed by atoms with Gasteiger partial charge < -0.3 is 19.6 Å². The van der Waals surface area contributed by atoms with Crippen LogP contribution >= 0.6 is 0 Å². The van der Waals surface area contributed by atoms with Crippen molar-refractivity contribution in [2.75, 3.05) is 12.8 Å². The zero-order chi connectivity index (χ0) is 20.4. The molecule has 0 aliphatic rings. The first-order chi connectivity index (χ1) is 14.1. The summed E-state index contributed by atoms with van der Waals surface area (Å²) in [6.45, 7) is 0. The molecular formula is C21H15N5O3. The van der Waals surface area contributed by atoms with Gasteiger partial charge >= 0.3 is 5.97 Å². The molecule has 0 spiro atoms. The van der Waals surface area contributed by atoms with E-state index in [0.29, 0.717) is 17.1 Å². The van der Waals surface area contributed by atoms with Gasteiger partial charge in [0.15, 0.2) is 5.69 Å². The van der Waals surface area contributed by atoms with Crippen LogP contribution in [0.25, 0.3) is 28.5 Å². The van der Waals surface area contributed by atoms with E-state index in [2.05, 4.69) is 10.1 Å². The van der Waals surface area contributed by atoms with Crippen molar-refractivity contribution < 1.29 is 14.1 Å². The van der Waals surface area contributed by atoms with Crippen LogP contribution in [0.5, 0.6) is 0 Å². The number of hydrogen-bond acceptors (Lipinski definition) is 7. The molecule has 0 amide bonds. The second kappa shape index (κ2) is 7.32. The van der Waals surface area contributed by atoms with Gasteiger partial charge in [0, 0.05) is 11.8 Å². The van der Waals surface area contributed by atoms with E-state index in [1.54, 1.807) is 24.3 Å². The van der Waals surface area contributed by atoms with E-state index < -0.39 is 5.97 Å². The summed E-state index contributed by atoms with van der Waals surface area (Å²) in [5.41, 5.74) is 8.20. The van der Waals surface area contributed by atoms with Gasteiger partial charge in [0.05, 0.1) is 29.6 Å². The molecule has 0 saturated carbocycles. The number of carbonyl (C=O) groups is 1. The summed E-state index contributed by atoms with van der Waals surface area (Å²) in [4.78, 5) is 16.8. The van der Waals surface area contributed by atoms with Crippen molar-refractivity contribution in [2.24, 2.45) is 0 Å². The standard InChI is InChI=1S/C21H15N5O3/c1-28-21(27)18-17(23)14(11-22)12-26(18)16-10-6-5-9-15(16)20-24-19(25-29-20)13-7-3-2-4-8-13/h2-10,12H,23H2,1H3. The van der Waals surface area contributed by atoms with Crippen LogP contribution < -0.4 is 5.73 Å². The van der Waals surface area contributed by atoms with E-state index in [-0.39, 0.29) is 22.8 Å². The van der Waals surface area contributed by atoms with E-state index in [9.17, 15) is 10.1 Å². The van der Waals surface area contributed by atoms with E-state index >= 15 is 0 Å². The van der Waals surface area contributed by atoms with E-state index in [1.165, 1.54) is 17.9 Å². The van der Waals surface area contributed by atoms with Crippen LogP contribution in [0.3, 0.4) is 0 Å². The average molecular weight is 385 g/mol. The second-order valence-electron chi connectivity index (χ2n) is 6.08. The van der Waals surface area contributed by atoms with Gasteiger partial charge in [-0.3, -0.25) is 0 Å². The van der Waals surface area contributed by atoms with Crippen molar-refractivity contribution in [2.45, 2.75) is 0 Å². The SMILES string of the molecule is COC(=O)c1c(N)c(C#N)cn1-c1ccccc1-c1nc(-c2ccccc2)no1. The van der Waals surface area contributed by atoms with Crippen molar-refractivity contribution in [3.05, 3.63) is 72.1 Å². The van der Waals surface area contributed by atoms with Crippen LogP contribution in [0.4, 0.5) is 5.69 Å². The van der Waals surface area contributed by atoms with Gasteiger partial charge in [-0.1, -0.05) is 47.6 Å². The number of aromatic nitrogens is 3. The van der Waals surface area contributed by atoms with Gasteiger partial charge in [0.25, 0.3) is 5.89 Å². The van der Waals surface area contributed by atoms with Gasteiger partial charge in [0.1, 0.15) is 6.07 Å². The fourth-order valence-electron chi connectivity index (χ4n) is 3.01. The van der Waals surface area contributed by atoms with Crippen LogP contribution in [0.2, 0.25) is 0 Å². The first-order valence-corrected chi connectivity index (χ1v) is 8.62. The Morgan fingerprint density at radius 1 is 1.17 bits per heavy atom. The highest BCUT2D eigenvalue weighted by atomic mass is 16.5. The maximum atomic E-state index is 12.3. The molecule has 4 aromatic rings. The minimum Gasteiger partial charge on any atom is -0.464 e. The van der Waals surface area contributed by atoms with Crippen molar-refractivity contribution in [1.29, 1.82) is 5.26 Å². The normalized spacial score (nSPS) is 10.5. The summed E-state index contributed by atoms with van der Waals surface area (Å²) in [6.07, 6.45) is 1.48. The second-order valence-corrected chi connectivity index (χ2v) is 6.08. The van der Waals surface area contributed by atoms with Crippen LogP contribution in [-0.2, 0) is 4.74 Å². The van der Waals surface area contributed by atoms with Crippen molar-refractivity contribution in [1.82, 2.24) is 14.7 Å². The molecule has 2 heterocycles. The molecule has 0 radical (unpaired) electrons. The third-order valence-corrected chi connectivity index (χ3v) is 4.40. The first-order valence-electron chi connectivity index (χ1n) is 8.62. The predicted molar refractivity (Wildman–Crippen MR) is 105 cm³/mol. The van der Waals surface area contributed by atoms with E-state index in [0.717, 1.165) is 5.56 Å². The van der Waals surface area contributed by atoms with Gasteiger partial charge in [-0.2, -0.15) is 10.2 Å². The molecule has 0 saturated heterocycles. The smallest absolute Gasteiger partial charge is 0.357 e. The predicted octanol–water partition coefficient (Wildman–Crippen LogP) is 3.43. The Balaban J connectivity index is 1.87. The van der Waals surface area contributed by atoms with E-state index in [4.69, 9.17) is 15.0 Å². The summed E-state index contributed by atoms with van der Waals surface area (Å²) in [7, 11) is 1.25. The monoisotopic (exact) mass is 385 g/mol. The summed E-state index contributed by atoms with van der Waals surface area (Å²) in [5, 5.41) is 13.4. The minimum atomic E-state index is -0.658. The number of rotatable bonds is 4. The highest BCUT2D eigenvalue weighted by Crippen LogP contribution is 2.31. The Bertz CT molecular complexity index is 1230. The van der Waals surface area contributed by atoms with Crippen LogP contribution in [-0.4, -0.2) is 27.8 Å². The number of ether oxygens (including phenoxy) is 1. The minimum absolute atomic E-state index is 0.0460. The lowest BCUT2D eigenvalue weighted by molar-refractivity contribution is 0.0593. The molecule has 0 atom stereocenters. The number of methoxy groups -OCH3 is 1. The van der Waals surface area contributed by atoms with Crippen molar-refractivity contribution in [3.63, 3.8) is 0 Å². The number of nitriles is 1. The molecule has 142 valence electrons. The fraction of sp³-hybridized carbons (Fsp3) is 0.0476. The van der Waals surface area contributed by atoms with Crippen molar-refractivity contribution >= 4 is 11.7 Å². The summed E-state index contributed by atoms with van der Waals surface area (Å²) < 4.78 is 11.8. The number of nitrogen functional groups attached to an aromatic ring is 1. The Labute approximate surface area is 165 Å². The fourth-order valence-corrected chi connectivity index (χ4v) is 3.01. The molecule has 0 bridgehead atoms. The molecule has 8 heteroatoms. The van der Waals surface area contributed by atoms with Gasteiger partial charge in [-0.05, 0) is 12.1 Å². The van der Waals surface area contributed by atoms with Crippen molar-refractivity contribution in [3.8, 4) is 34.6 Å². The number of anilines is 1. The number of nitrogens with two attached hydrogens (primary N) is 1. The Kier molecular flexibility index (Phi) is 4.55. The van der Waals surface area contributed by atoms with E-state index in [1.807, 2.05) is 36.4 Å². The Morgan fingerprint density at radius 3 is 2.62 bits per heavy atom. The molecule has 2 aromatic heterocycles. The topological polar surface area (TPSA) is 120 Å². The molecular weight excluding hydrogens is 370 g/mol. The third kappa shape index (κ3) is 3.11. The quantitative estimate of drug-likeness (QED) is 0.534. The third-order valence-electron chi connectivity index (χ3n) is 4.40. The zero-order valence-corrected chi connectivity index (χ0v) is 15.4. The summed E-state index contributed by atoms with van der Waals surface area (Å²) in [5.74, 6) is 0.0451. The number of para-hydroxylation sites is 1. The number of carbonyl (C=O) groups excluding carboxylic acids is 1. The highest BCUT2D eigenvalue weighted by molar-refractivity contribution is 5.96. The molecule has 2 N–H and O–H groups in total. The molecule has 0 aliphatic heterocycles. The van der Waals surface area contributed by atoms with Gasteiger partial charge in [-0.15, -0.1) is 0 Å².